The van der Waals surface area contributed by atoms with Gasteiger partial charge in [-0.2, -0.15) is 0 Å². The fourth-order valence-electron chi connectivity index (χ4n) is 6.63. The smallest absolute Gasteiger partial charge is 0.193 e. The maximum atomic E-state index is 13.8. The minimum Gasteiger partial charge on any atom is -0.309 e. The Bertz CT molecular complexity index is 2080. The molecule has 6 aromatic carbocycles. The molecule has 3 nitrogen and oxygen atoms in total. The molecule has 42 heavy (non-hydrogen) atoms. The molecule has 0 aliphatic heterocycles. The highest BCUT2D eigenvalue weighted by Gasteiger charge is 2.18. The molecule has 0 atom stereocenters. The number of rotatable bonds is 4. The monoisotopic (exact) mass is 540 g/mol. The van der Waals surface area contributed by atoms with E-state index in [1.807, 2.05) is 24.3 Å². The molecule has 0 aliphatic carbocycles. The average Bonchev–Trinajstić information content (AvgIpc) is 3.54. The van der Waals surface area contributed by atoms with E-state index in [1.165, 1.54) is 21.5 Å². The summed E-state index contributed by atoms with van der Waals surface area (Å²) >= 11 is 0. The molecule has 200 valence electrons. The van der Waals surface area contributed by atoms with Crippen LogP contribution in [0.25, 0.3) is 55.0 Å². The Labute approximate surface area is 243 Å². The van der Waals surface area contributed by atoms with Crippen molar-refractivity contribution in [3.8, 4) is 11.4 Å². The van der Waals surface area contributed by atoms with Crippen molar-refractivity contribution >= 4 is 49.4 Å². The average molecular weight is 541 g/mol. The third-order valence-corrected chi connectivity index (χ3v) is 8.56. The van der Waals surface area contributed by atoms with E-state index in [9.17, 15) is 4.79 Å². The summed E-state index contributed by atoms with van der Waals surface area (Å²) in [7, 11) is 0. The molecule has 0 N–H and O–H groups in total. The Morgan fingerprint density at radius 1 is 0.429 bits per heavy atom. The van der Waals surface area contributed by atoms with Gasteiger partial charge in [-0.1, -0.05) is 72.8 Å². The van der Waals surface area contributed by atoms with E-state index < -0.39 is 0 Å². The SMILES string of the molecule is Cc1cc(C(=O)c2ccc(-n3c4ccccc4c4ccccc43)c(C)c2)ccc1-n1c2ccccc2c2ccccc21. The molecule has 0 unspecified atom stereocenters. The summed E-state index contributed by atoms with van der Waals surface area (Å²) in [5, 5.41) is 4.91. The standard InChI is InChI=1S/C39H28N2O/c1-25-23-27(19-21-33(25)40-35-15-7-3-11-29(35)30-12-4-8-16-36(30)40)39(42)28-20-22-34(26(2)24-28)41-37-17-9-5-13-31(37)32-14-6-10-18-38(32)41/h3-24H,1-2H3. The van der Waals surface area contributed by atoms with Gasteiger partial charge in [0.05, 0.1) is 22.1 Å². The summed E-state index contributed by atoms with van der Waals surface area (Å²) < 4.78 is 4.61. The van der Waals surface area contributed by atoms with Crippen LogP contribution in [-0.2, 0) is 0 Å². The van der Waals surface area contributed by atoms with Gasteiger partial charge >= 0.3 is 0 Å². The van der Waals surface area contributed by atoms with Gasteiger partial charge in [-0.3, -0.25) is 4.79 Å². The first-order chi connectivity index (χ1) is 20.6. The van der Waals surface area contributed by atoms with E-state index in [0.717, 1.165) is 44.6 Å². The number of aryl methyl sites for hydroxylation is 2. The van der Waals surface area contributed by atoms with Crippen LogP contribution in [0.1, 0.15) is 27.0 Å². The fraction of sp³-hybridized carbons (Fsp3) is 0.0513. The van der Waals surface area contributed by atoms with Gasteiger partial charge in [-0.05, 0) is 85.6 Å². The fourth-order valence-corrected chi connectivity index (χ4v) is 6.63. The van der Waals surface area contributed by atoms with Crippen molar-refractivity contribution in [3.63, 3.8) is 0 Å². The van der Waals surface area contributed by atoms with E-state index >= 15 is 0 Å². The number of hydrogen-bond donors (Lipinski definition) is 0. The second-order valence-electron chi connectivity index (χ2n) is 11.1. The summed E-state index contributed by atoms with van der Waals surface area (Å²) in [6, 6.07) is 46.1. The van der Waals surface area contributed by atoms with Crippen molar-refractivity contribution in [2.75, 3.05) is 0 Å². The van der Waals surface area contributed by atoms with Gasteiger partial charge in [0, 0.05) is 44.0 Å². The maximum absolute atomic E-state index is 13.8. The molecule has 0 aliphatic rings. The molecule has 0 radical (unpaired) electrons. The number of nitrogens with zero attached hydrogens (tertiary/aromatic N) is 2. The quantitative estimate of drug-likeness (QED) is 0.204. The number of aromatic nitrogens is 2. The van der Waals surface area contributed by atoms with Crippen molar-refractivity contribution in [1.82, 2.24) is 9.13 Å². The highest BCUT2D eigenvalue weighted by Crippen LogP contribution is 2.35. The molecule has 2 aromatic heterocycles. The molecule has 8 rings (SSSR count). The van der Waals surface area contributed by atoms with Crippen LogP contribution in [0.5, 0.6) is 0 Å². The van der Waals surface area contributed by atoms with Gasteiger partial charge in [0.15, 0.2) is 5.78 Å². The van der Waals surface area contributed by atoms with Crippen LogP contribution >= 0.6 is 0 Å². The van der Waals surface area contributed by atoms with E-state index in [2.05, 4.69) is 132 Å². The molecule has 0 saturated carbocycles. The van der Waals surface area contributed by atoms with Crippen molar-refractivity contribution < 1.29 is 4.79 Å². The molecular formula is C39H28N2O. The van der Waals surface area contributed by atoms with Crippen LogP contribution in [0.4, 0.5) is 0 Å². The Morgan fingerprint density at radius 2 is 0.738 bits per heavy atom. The lowest BCUT2D eigenvalue weighted by molar-refractivity contribution is 0.103. The Morgan fingerprint density at radius 3 is 1.05 bits per heavy atom. The van der Waals surface area contributed by atoms with Crippen molar-refractivity contribution in [2.45, 2.75) is 13.8 Å². The second kappa shape index (κ2) is 9.32. The Kier molecular flexibility index (Phi) is 5.41. The van der Waals surface area contributed by atoms with Crippen molar-refractivity contribution in [3.05, 3.63) is 156 Å². The van der Waals surface area contributed by atoms with Gasteiger partial charge in [-0.25, -0.2) is 0 Å². The number of hydrogen-bond acceptors (Lipinski definition) is 1. The number of para-hydroxylation sites is 4. The predicted octanol–water partition coefficient (Wildman–Crippen LogP) is 9.73. The van der Waals surface area contributed by atoms with E-state index in [1.54, 1.807) is 0 Å². The van der Waals surface area contributed by atoms with E-state index in [0.29, 0.717) is 11.1 Å². The second-order valence-corrected chi connectivity index (χ2v) is 11.1. The van der Waals surface area contributed by atoms with Gasteiger partial charge < -0.3 is 9.13 Å². The zero-order chi connectivity index (χ0) is 28.4. The molecule has 2 heterocycles. The van der Waals surface area contributed by atoms with Crippen molar-refractivity contribution in [1.29, 1.82) is 0 Å². The van der Waals surface area contributed by atoms with Crippen molar-refractivity contribution in [2.24, 2.45) is 0 Å². The molecule has 0 saturated heterocycles. The van der Waals surface area contributed by atoms with Gasteiger partial charge in [0.2, 0.25) is 0 Å². The van der Waals surface area contributed by atoms with Crippen LogP contribution in [0.2, 0.25) is 0 Å². The van der Waals surface area contributed by atoms with Gasteiger partial charge in [0.1, 0.15) is 0 Å². The molecule has 3 heteroatoms. The minimum atomic E-state index is 0.0312. The lowest BCUT2D eigenvalue weighted by Gasteiger charge is -2.14. The largest absolute Gasteiger partial charge is 0.309 e. The zero-order valence-electron chi connectivity index (χ0n) is 23.5. The first kappa shape index (κ1) is 24.4. The molecular weight excluding hydrogens is 512 g/mol. The zero-order valence-corrected chi connectivity index (χ0v) is 23.5. The first-order valence-electron chi connectivity index (χ1n) is 14.3. The lowest BCUT2D eigenvalue weighted by atomic mass is 9.98. The van der Waals surface area contributed by atoms with Crippen LogP contribution in [0.3, 0.4) is 0 Å². The third kappa shape index (κ3) is 3.57. The normalized spacial score (nSPS) is 11.7. The topological polar surface area (TPSA) is 26.9 Å². The maximum Gasteiger partial charge on any atom is 0.193 e. The number of ketones is 1. The number of benzene rings is 6. The summed E-state index contributed by atoms with van der Waals surface area (Å²) in [6.45, 7) is 4.18. The summed E-state index contributed by atoms with van der Waals surface area (Å²) in [5.74, 6) is 0.0312. The molecule has 8 aromatic rings. The van der Waals surface area contributed by atoms with Crippen LogP contribution in [0, 0.1) is 13.8 Å². The molecule has 0 bridgehead atoms. The third-order valence-electron chi connectivity index (χ3n) is 8.56. The first-order valence-corrected chi connectivity index (χ1v) is 14.3. The lowest BCUT2D eigenvalue weighted by Crippen LogP contribution is -2.06. The van der Waals surface area contributed by atoms with E-state index in [-0.39, 0.29) is 5.78 Å². The minimum absolute atomic E-state index is 0.0312. The number of carbonyl (C=O) groups is 1. The highest BCUT2D eigenvalue weighted by atomic mass is 16.1. The van der Waals surface area contributed by atoms with Gasteiger partial charge in [-0.15, -0.1) is 0 Å². The highest BCUT2D eigenvalue weighted by molar-refractivity contribution is 6.12. The molecule has 0 spiro atoms. The van der Waals surface area contributed by atoms with Crippen LogP contribution < -0.4 is 0 Å². The van der Waals surface area contributed by atoms with Crippen LogP contribution in [-0.4, -0.2) is 14.9 Å². The summed E-state index contributed by atoms with van der Waals surface area (Å²) in [4.78, 5) is 13.8. The van der Waals surface area contributed by atoms with Gasteiger partial charge in [0.25, 0.3) is 0 Å². The number of fused-ring (bicyclic) bond motifs is 6. The summed E-state index contributed by atoms with van der Waals surface area (Å²) in [5.41, 5.74) is 10.3. The Hall–Kier alpha value is -5.41. The van der Waals surface area contributed by atoms with E-state index in [4.69, 9.17) is 0 Å². The number of carbonyl (C=O) groups excluding carboxylic acids is 1. The summed E-state index contributed by atoms with van der Waals surface area (Å²) in [6.07, 6.45) is 0. The van der Waals surface area contributed by atoms with Crippen LogP contribution in [0.15, 0.2) is 133 Å². The predicted molar refractivity (Wildman–Crippen MR) is 174 cm³/mol. The Balaban J connectivity index is 1.20. The molecule has 0 fully saturated rings. The molecule has 0 amide bonds.